The van der Waals surface area contributed by atoms with E-state index in [1.54, 1.807) is 24.6 Å². The van der Waals surface area contributed by atoms with E-state index in [1.165, 1.54) is 10.6 Å². The number of aliphatic hydroxyl groups excluding tert-OH is 1. The number of aryl methyl sites for hydroxylation is 1. The lowest BCUT2D eigenvalue weighted by molar-refractivity contribution is -0.133. The van der Waals surface area contributed by atoms with Crippen molar-refractivity contribution in [1.82, 2.24) is 29.6 Å². The fraction of sp³-hybridized carbons (Fsp3) is 0.320. The van der Waals surface area contributed by atoms with Gasteiger partial charge in [0.05, 0.1) is 17.4 Å². The summed E-state index contributed by atoms with van der Waals surface area (Å²) in [6.45, 7) is 1.67. The highest BCUT2D eigenvalue weighted by Crippen LogP contribution is 2.30. The lowest BCUT2D eigenvalue weighted by Gasteiger charge is -2.24. The van der Waals surface area contributed by atoms with E-state index in [1.807, 2.05) is 35.8 Å². The van der Waals surface area contributed by atoms with E-state index in [0.29, 0.717) is 18.9 Å². The summed E-state index contributed by atoms with van der Waals surface area (Å²) in [6.07, 6.45) is 5.65. The van der Waals surface area contributed by atoms with Crippen molar-refractivity contribution < 1.29 is 9.90 Å². The van der Waals surface area contributed by atoms with Gasteiger partial charge in [-0.2, -0.15) is 5.10 Å². The molecule has 0 spiro atoms. The van der Waals surface area contributed by atoms with Crippen LogP contribution in [0.5, 0.6) is 0 Å². The lowest BCUT2D eigenvalue weighted by atomic mass is 10.0. The summed E-state index contributed by atoms with van der Waals surface area (Å²) in [6, 6.07) is 14.4. The molecule has 180 valence electrons. The Morgan fingerprint density at radius 1 is 1.03 bits per heavy atom. The molecule has 0 aliphatic carbocycles. The maximum atomic E-state index is 10.6. The van der Waals surface area contributed by atoms with Crippen molar-refractivity contribution in [3.63, 3.8) is 0 Å². The molecule has 0 radical (unpaired) electrons. The number of hydrogen-bond donors (Lipinski definition) is 2. The molecule has 0 saturated carbocycles. The van der Waals surface area contributed by atoms with Gasteiger partial charge in [0, 0.05) is 43.5 Å². The van der Waals surface area contributed by atoms with Crippen molar-refractivity contribution >= 4 is 23.2 Å². The third kappa shape index (κ3) is 5.23. The van der Waals surface area contributed by atoms with Gasteiger partial charge in [-0.15, -0.1) is 11.3 Å². The molecular weight excluding hydrogens is 462 g/mol. The summed E-state index contributed by atoms with van der Waals surface area (Å²) in [7, 11) is 1.69. The number of carbonyl (C=O) groups is 1. The molecule has 2 aliphatic heterocycles. The average Bonchev–Trinajstić information content (AvgIpc) is 3.64. The van der Waals surface area contributed by atoms with Crippen molar-refractivity contribution in [2.75, 3.05) is 18.9 Å². The topological polar surface area (TPSA) is 109 Å². The third-order valence-corrected chi connectivity index (χ3v) is 7.01. The van der Waals surface area contributed by atoms with Crippen LogP contribution in [0.15, 0.2) is 60.2 Å². The first-order chi connectivity index (χ1) is 17.1. The van der Waals surface area contributed by atoms with Crippen LogP contribution in [0.25, 0.3) is 22.0 Å². The summed E-state index contributed by atoms with van der Waals surface area (Å²) in [5.41, 5.74) is 4.01. The van der Waals surface area contributed by atoms with Crippen molar-refractivity contribution in [3.8, 4) is 22.0 Å². The molecule has 35 heavy (non-hydrogen) atoms. The van der Waals surface area contributed by atoms with Crippen molar-refractivity contribution in [2.45, 2.75) is 38.0 Å². The number of hydrogen-bond acceptors (Lipinski definition) is 8. The second kappa shape index (κ2) is 10.3. The monoisotopic (exact) mass is 489 g/mol. The Hall–Kier alpha value is -3.63. The zero-order chi connectivity index (χ0) is 24.2. The Morgan fingerprint density at radius 2 is 1.89 bits per heavy atom. The molecule has 6 rings (SSSR count). The smallest absolute Gasteiger partial charge is 0.251 e. The van der Waals surface area contributed by atoms with Gasteiger partial charge in [-0.1, -0.05) is 30.3 Å². The Morgan fingerprint density at radius 3 is 2.63 bits per heavy atom. The fourth-order valence-corrected chi connectivity index (χ4v) is 5.02. The number of carbonyl (C=O) groups excluding carboxylic acids is 1. The van der Waals surface area contributed by atoms with E-state index in [2.05, 4.69) is 38.3 Å². The lowest BCUT2D eigenvalue weighted by Crippen LogP contribution is -2.24. The molecule has 2 aliphatic rings. The second-order valence-corrected chi connectivity index (χ2v) is 9.41. The first kappa shape index (κ1) is 23.1. The van der Waals surface area contributed by atoms with E-state index < -0.39 is 6.10 Å². The molecule has 4 aromatic rings. The number of nitrogens with zero attached hydrogens (tertiary/aromatic N) is 6. The van der Waals surface area contributed by atoms with Crippen molar-refractivity contribution in [1.29, 1.82) is 0 Å². The van der Waals surface area contributed by atoms with Crippen LogP contribution < -0.4 is 5.32 Å². The third-order valence-electron chi connectivity index (χ3n) is 6.11. The van der Waals surface area contributed by atoms with Crippen LogP contribution >= 0.6 is 11.3 Å². The highest BCUT2D eigenvalue weighted by atomic mass is 32.1. The molecule has 2 N–H and O–H groups in total. The van der Waals surface area contributed by atoms with Gasteiger partial charge in [-0.05, 0) is 31.4 Å². The summed E-state index contributed by atoms with van der Waals surface area (Å²) in [4.78, 5) is 26.0. The number of thiazole rings is 1. The summed E-state index contributed by atoms with van der Waals surface area (Å²) >= 11 is 1.63. The molecular formula is C25H27N7O2S. The predicted molar refractivity (Wildman–Crippen MR) is 135 cm³/mol. The van der Waals surface area contributed by atoms with Crippen LogP contribution in [-0.2, 0) is 11.3 Å². The van der Waals surface area contributed by atoms with Crippen molar-refractivity contribution in [2.24, 2.45) is 0 Å². The Labute approximate surface area is 207 Å². The molecule has 1 aromatic carbocycles. The number of aromatic nitrogens is 5. The van der Waals surface area contributed by atoms with Crippen LogP contribution in [0.4, 0.5) is 5.95 Å². The van der Waals surface area contributed by atoms with Gasteiger partial charge >= 0.3 is 0 Å². The molecule has 5 heterocycles. The van der Waals surface area contributed by atoms with Crippen LogP contribution in [0.3, 0.4) is 0 Å². The normalized spacial score (nSPS) is 19.1. The molecule has 10 heteroatoms. The van der Waals surface area contributed by atoms with E-state index in [4.69, 9.17) is 15.1 Å². The number of fused-ring (bicyclic) bond motifs is 1. The van der Waals surface area contributed by atoms with Gasteiger partial charge < -0.3 is 15.3 Å². The van der Waals surface area contributed by atoms with Crippen LogP contribution in [0.2, 0.25) is 0 Å². The van der Waals surface area contributed by atoms with Crippen molar-refractivity contribution in [3.05, 3.63) is 65.9 Å². The Kier molecular flexibility index (Phi) is 6.82. The molecule has 1 fully saturated rings. The average molecular weight is 490 g/mol. The van der Waals surface area contributed by atoms with Gasteiger partial charge in [0.15, 0.2) is 0 Å². The quantitative estimate of drug-likeness (QED) is 0.451. The summed E-state index contributed by atoms with van der Waals surface area (Å²) in [5, 5.41) is 19.7. The molecule has 3 aromatic heterocycles. The summed E-state index contributed by atoms with van der Waals surface area (Å²) in [5.74, 6) is 0.478. The summed E-state index contributed by atoms with van der Waals surface area (Å²) < 4.78 is 2.05. The Bertz CT molecular complexity index is 1280. The second-order valence-electron chi connectivity index (χ2n) is 8.55. The molecule has 2 unspecified atom stereocenters. The van der Waals surface area contributed by atoms with E-state index in [-0.39, 0.29) is 11.9 Å². The maximum absolute atomic E-state index is 10.6. The van der Waals surface area contributed by atoms with Gasteiger partial charge in [0.2, 0.25) is 5.95 Å². The fourth-order valence-electron chi connectivity index (χ4n) is 4.20. The number of likely N-dealkylation sites (tertiary alicyclic amines) is 1. The van der Waals surface area contributed by atoms with Gasteiger partial charge in [0.1, 0.15) is 16.8 Å². The highest BCUT2D eigenvalue weighted by molar-refractivity contribution is 7.13. The standard InChI is InChI=1S/C20H18N6S.C5H9NO2/c1-2-5-14(6-3-1)19-23-17(13-27-19)15-8-10-21-20(24-15)25-16-7-4-12-26-18(16)9-11-22-26;1-6-3-2-4(7)5(6)8/h1-3,5-6,8-11,13,16H,4,7,12H2,(H,21,24,25);4,7H,2-3H2,1H3. The van der Waals surface area contributed by atoms with Crippen LogP contribution in [-0.4, -0.2) is 60.3 Å². The minimum absolute atomic E-state index is 0.148. The number of nitrogens with one attached hydrogen (secondary N) is 1. The van der Waals surface area contributed by atoms with E-state index in [9.17, 15) is 4.79 Å². The molecule has 1 amide bonds. The number of aliphatic hydroxyl groups is 1. The molecule has 1 saturated heterocycles. The van der Waals surface area contributed by atoms with Crippen LogP contribution in [0.1, 0.15) is 31.0 Å². The zero-order valence-electron chi connectivity index (χ0n) is 19.4. The van der Waals surface area contributed by atoms with Crippen LogP contribution in [0, 0.1) is 0 Å². The molecule has 2 atom stereocenters. The maximum Gasteiger partial charge on any atom is 0.251 e. The first-order valence-electron chi connectivity index (χ1n) is 11.6. The highest BCUT2D eigenvalue weighted by Gasteiger charge is 2.26. The number of anilines is 1. The minimum Gasteiger partial charge on any atom is -0.383 e. The van der Waals surface area contributed by atoms with E-state index in [0.717, 1.165) is 41.3 Å². The SMILES string of the molecule is CN1CCC(O)C1=O.c1ccc(-c2nc(-c3ccnc(NC4CCCn5nccc54)n3)cs2)cc1. The van der Waals surface area contributed by atoms with Gasteiger partial charge in [0.25, 0.3) is 5.91 Å². The molecule has 9 nitrogen and oxygen atoms in total. The number of likely N-dealkylation sites (N-methyl/N-ethyl adjacent to an activating group) is 1. The minimum atomic E-state index is -0.722. The first-order valence-corrected chi connectivity index (χ1v) is 12.5. The van der Waals surface area contributed by atoms with Gasteiger partial charge in [-0.25, -0.2) is 15.0 Å². The van der Waals surface area contributed by atoms with E-state index >= 15 is 0 Å². The number of rotatable bonds is 4. The predicted octanol–water partition coefficient (Wildman–Crippen LogP) is 3.62. The number of benzene rings is 1. The Balaban J connectivity index is 0.000000271. The zero-order valence-corrected chi connectivity index (χ0v) is 20.2. The number of amides is 1. The largest absolute Gasteiger partial charge is 0.383 e. The van der Waals surface area contributed by atoms with Gasteiger partial charge in [-0.3, -0.25) is 9.48 Å². The molecule has 0 bridgehead atoms.